The first-order valence-electron chi connectivity index (χ1n) is 3.34. The van der Waals surface area contributed by atoms with Gasteiger partial charge < -0.3 is 10.1 Å². The highest BCUT2D eigenvalue weighted by Gasteiger charge is 1.98. The first-order chi connectivity index (χ1) is 4.77. The lowest BCUT2D eigenvalue weighted by atomic mass is 10.6. The zero-order valence-electron chi connectivity index (χ0n) is 6.07. The minimum absolute atomic E-state index is 0.243. The second-order valence-electron chi connectivity index (χ2n) is 1.79. The van der Waals surface area contributed by atoms with Gasteiger partial charge in [-0.1, -0.05) is 0 Å². The van der Waals surface area contributed by atoms with Crippen LogP contribution in [0.4, 0.5) is 8.78 Å². The van der Waals surface area contributed by atoms with Crippen LogP contribution in [0.15, 0.2) is 0 Å². The Balaban J connectivity index is 2.77. The number of ether oxygens (including phenoxy) is 1. The van der Waals surface area contributed by atoms with Gasteiger partial charge in [0.05, 0.1) is 13.2 Å². The van der Waals surface area contributed by atoms with Crippen LogP contribution < -0.4 is 5.32 Å². The summed E-state index contributed by atoms with van der Waals surface area (Å²) in [7, 11) is 0. The van der Waals surface area contributed by atoms with Crippen molar-refractivity contribution >= 4 is 0 Å². The fourth-order valence-corrected chi connectivity index (χ4v) is 0.500. The summed E-state index contributed by atoms with van der Waals surface area (Å²) in [6.07, 6.45) is -2.26. The van der Waals surface area contributed by atoms with E-state index in [2.05, 4.69) is 5.32 Å². The predicted octanol–water partition coefficient (Wildman–Crippen LogP) is 0.878. The molecule has 0 fully saturated rings. The lowest BCUT2D eigenvalue weighted by Gasteiger charge is -2.02. The Bertz CT molecular complexity index is 70.8. The third-order valence-corrected chi connectivity index (χ3v) is 0.926. The van der Waals surface area contributed by atoms with E-state index in [-0.39, 0.29) is 6.54 Å². The van der Waals surface area contributed by atoms with Gasteiger partial charge >= 0.3 is 0 Å². The van der Waals surface area contributed by atoms with Crippen LogP contribution in [0, 0.1) is 0 Å². The van der Waals surface area contributed by atoms with Crippen LogP contribution in [0.5, 0.6) is 0 Å². The van der Waals surface area contributed by atoms with Crippen molar-refractivity contribution in [1.29, 1.82) is 0 Å². The van der Waals surface area contributed by atoms with E-state index in [1.54, 1.807) is 0 Å². The van der Waals surface area contributed by atoms with Crippen molar-refractivity contribution in [2.24, 2.45) is 0 Å². The molecule has 1 N–H and O–H groups in total. The zero-order chi connectivity index (χ0) is 7.82. The van der Waals surface area contributed by atoms with E-state index in [0.717, 1.165) is 0 Å². The van der Waals surface area contributed by atoms with Crippen molar-refractivity contribution in [3.8, 4) is 0 Å². The molecule has 0 amide bonds. The topological polar surface area (TPSA) is 21.3 Å². The van der Waals surface area contributed by atoms with Gasteiger partial charge in [-0.15, -0.1) is 0 Å². The van der Waals surface area contributed by atoms with Crippen LogP contribution in [0.25, 0.3) is 0 Å². The molecule has 0 spiro atoms. The molecule has 0 aromatic heterocycles. The molecule has 10 heavy (non-hydrogen) atoms. The SMILES string of the molecule is CCOCCNCC(F)F. The van der Waals surface area contributed by atoms with E-state index in [0.29, 0.717) is 19.8 Å². The summed E-state index contributed by atoms with van der Waals surface area (Å²) >= 11 is 0. The van der Waals surface area contributed by atoms with Crippen LogP contribution in [-0.2, 0) is 4.74 Å². The van der Waals surface area contributed by atoms with Crippen LogP contribution in [0.2, 0.25) is 0 Å². The molecule has 0 saturated carbocycles. The maximum atomic E-state index is 11.4. The van der Waals surface area contributed by atoms with Crippen molar-refractivity contribution in [2.75, 3.05) is 26.3 Å². The minimum Gasteiger partial charge on any atom is -0.380 e. The number of nitrogens with one attached hydrogen (secondary N) is 1. The van der Waals surface area contributed by atoms with Crippen LogP contribution >= 0.6 is 0 Å². The summed E-state index contributed by atoms with van der Waals surface area (Å²) in [5, 5.41) is 2.54. The number of halogens is 2. The molecule has 2 nitrogen and oxygen atoms in total. The average molecular weight is 153 g/mol. The maximum Gasteiger partial charge on any atom is 0.250 e. The van der Waals surface area contributed by atoms with Gasteiger partial charge in [-0.2, -0.15) is 0 Å². The van der Waals surface area contributed by atoms with Crippen molar-refractivity contribution < 1.29 is 13.5 Å². The standard InChI is InChI=1S/C6H13F2NO/c1-2-10-4-3-9-5-6(7)8/h6,9H,2-5H2,1H3. The second-order valence-corrected chi connectivity index (χ2v) is 1.79. The van der Waals surface area contributed by atoms with Crippen molar-refractivity contribution in [3.63, 3.8) is 0 Å². The van der Waals surface area contributed by atoms with Gasteiger partial charge in [0.25, 0.3) is 6.43 Å². The van der Waals surface area contributed by atoms with Crippen molar-refractivity contribution in [3.05, 3.63) is 0 Å². The molecule has 0 saturated heterocycles. The van der Waals surface area contributed by atoms with Crippen LogP contribution in [-0.4, -0.2) is 32.7 Å². The van der Waals surface area contributed by atoms with Gasteiger partial charge in [0.1, 0.15) is 0 Å². The third kappa shape index (κ3) is 7.78. The second kappa shape index (κ2) is 6.89. The molecular formula is C6H13F2NO. The smallest absolute Gasteiger partial charge is 0.250 e. The Morgan fingerprint density at radius 2 is 2.20 bits per heavy atom. The summed E-state index contributed by atoms with van der Waals surface area (Å²) < 4.78 is 27.8. The number of alkyl halides is 2. The molecule has 0 aliphatic carbocycles. The summed E-state index contributed by atoms with van der Waals surface area (Å²) in [5.74, 6) is 0. The Hall–Kier alpha value is -0.220. The quantitative estimate of drug-likeness (QED) is 0.572. The van der Waals surface area contributed by atoms with Gasteiger partial charge in [-0.05, 0) is 6.92 Å². The monoisotopic (exact) mass is 153 g/mol. The lowest BCUT2D eigenvalue weighted by molar-refractivity contribution is 0.126. The Labute approximate surface area is 59.6 Å². The number of rotatable bonds is 6. The molecule has 62 valence electrons. The fraction of sp³-hybridized carbons (Fsp3) is 1.00. The van der Waals surface area contributed by atoms with Crippen molar-refractivity contribution in [1.82, 2.24) is 5.32 Å². The van der Waals surface area contributed by atoms with E-state index >= 15 is 0 Å². The summed E-state index contributed by atoms with van der Waals surface area (Å²) in [5.41, 5.74) is 0. The summed E-state index contributed by atoms with van der Waals surface area (Å²) in [4.78, 5) is 0. The van der Waals surface area contributed by atoms with Crippen molar-refractivity contribution in [2.45, 2.75) is 13.3 Å². The highest BCUT2D eigenvalue weighted by molar-refractivity contribution is 4.46. The first-order valence-corrected chi connectivity index (χ1v) is 3.34. The highest BCUT2D eigenvalue weighted by atomic mass is 19.3. The molecule has 0 atom stereocenters. The van der Waals surface area contributed by atoms with Crippen LogP contribution in [0.1, 0.15) is 6.92 Å². The number of hydrogen-bond donors (Lipinski definition) is 1. The zero-order valence-corrected chi connectivity index (χ0v) is 6.07. The summed E-state index contributed by atoms with van der Waals surface area (Å²) in [6.45, 7) is 3.26. The largest absolute Gasteiger partial charge is 0.380 e. The molecule has 0 aromatic rings. The van der Waals surface area contributed by atoms with E-state index in [1.807, 2.05) is 6.92 Å². The molecule has 0 heterocycles. The van der Waals surface area contributed by atoms with E-state index in [4.69, 9.17) is 4.74 Å². The van der Waals surface area contributed by atoms with E-state index < -0.39 is 6.43 Å². The lowest BCUT2D eigenvalue weighted by Crippen LogP contribution is -2.25. The van der Waals surface area contributed by atoms with Gasteiger partial charge in [0.15, 0.2) is 0 Å². The first kappa shape index (κ1) is 9.78. The molecule has 0 aliphatic rings. The molecule has 0 radical (unpaired) electrons. The van der Waals surface area contributed by atoms with Gasteiger partial charge in [-0.25, -0.2) is 8.78 Å². The Kier molecular flexibility index (Phi) is 6.74. The van der Waals surface area contributed by atoms with Crippen LogP contribution in [0.3, 0.4) is 0 Å². The Morgan fingerprint density at radius 3 is 2.70 bits per heavy atom. The molecule has 0 rings (SSSR count). The average Bonchev–Trinajstić information content (AvgIpc) is 1.87. The fourth-order valence-electron chi connectivity index (χ4n) is 0.500. The van der Waals surface area contributed by atoms with Gasteiger partial charge in [0, 0.05) is 13.2 Å². The molecule has 0 aliphatic heterocycles. The van der Waals surface area contributed by atoms with Gasteiger partial charge in [0.2, 0.25) is 0 Å². The Morgan fingerprint density at radius 1 is 1.50 bits per heavy atom. The third-order valence-electron chi connectivity index (χ3n) is 0.926. The maximum absolute atomic E-state index is 11.4. The normalized spacial score (nSPS) is 10.8. The molecule has 0 aromatic carbocycles. The highest BCUT2D eigenvalue weighted by Crippen LogP contribution is 1.86. The minimum atomic E-state index is -2.26. The van der Waals surface area contributed by atoms with E-state index in [9.17, 15) is 8.78 Å². The molecular weight excluding hydrogens is 140 g/mol. The predicted molar refractivity (Wildman–Crippen MR) is 35.4 cm³/mol. The molecule has 0 unspecified atom stereocenters. The van der Waals surface area contributed by atoms with E-state index in [1.165, 1.54) is 0 Å². The molecule has 4 heteroatoms. The summed E-state index contributed by atoms with van der Waals surface area (Å²) in [6, 6.07) is 0. The van der Waals surface area contributed by atoms with Gasteiger partial charge in [-0.3, -0.25) is 0 Å². The molecule has 0 bridgehead atoms. The number of hydrogen-bond acceptors (Lipinski definition) is 2.